The van der Waals surface area contributed by atoms with Gasteiger partial charge in [-0.25, -0.2) is 4.79 Å². The van der Waals surface area contributed by atoms with Crippen molar-refractivity contribution in [1.29, 1.82) is 0 Å². The predicted molar refractivity (Wildman–Crippen MR) is 80.3 cm³/mol. The topological polar surface area (TPSA) is 104 Å². The lowest BCUT2D eigenvalue weighted by Gasteiger charge is -2.33. The zero-order valence-corrected chi connectivity index (χ0v) is 12.9. The van der Waals surface area contributed by atoms with Crippen molar-refractivity contribution >= 4 is 11.8 Å². The zero-order chi connectivity index (χ0) is 16.7. The van der Waals surface area contributed by atoms with Crippen LogP contribution in [0, 0.1) is 15.5 Å². The quantitative estimate of drug-likeness (QED) is 0.613. The van der Waals surface area contributed by atoms with Crippen molar-refractivity contribution in [2.24, 2.45) is 5.41 Å². The molecule has 0 saturated carbocycles. The number of nitro benzene ring substituents is 1. The molecule has 1 amide bonds. The summed E-state index contributed by atoms with van der Waals surface area (Å²) in [5.74, 6) is -0.555. The fraction of sp³-hybridized carbons (Fsp3) is 0.533. The molecule has 0 radical (unpaired) electrons. The number of benzene rings is 1. The van der Waals surface area contributed by atoms with Gasteiger partial charge in [0.25, 0.3) is 0 Å². The van der Waals surface area contributed by atoms with Crippen molar-refractivity contribution in [2.45, 2.75) is 33.1 Å². The molecular weight excluding hydrogens is 288 g/mol. The van der Waals surface area contributed by atoms with Crippen molar-refractivity contribution < 1.29 is 19.9 Å². The molecule has 0 spiro atoms. The molecule has 1 heterocycles. The van der Waals surface area contributed by atoms with Crippen molar-refractivity contribution in [3.8, 4) is 5.75 Å². The Balaban J connectivity index is 2.59. The molecule has 0 fully saturated rings. The number of rotatable bonds is 1. The van der Waals surface area contributed by atoms with E-state index in [9.17, 15) is 25.1 Å². The van der Waals surface area contributed by atoms with Crippen molar-refractivity contribution in [3.05, 3.63) is 33.4 Å². The third kappa shape index (κ3) is 2.98. The number of aromatic hydroxyl groups is 1. The standard InChI is InChI=1S/C15H20N2O5/c1-15(2,3)11-8-16(14(19)20)5-4-9-6-13(18)12(17(21)22)7-10(9)11/h6-7,11,18H,4-5,8H2,1-3H3,(H,19,20). The molecule has 7 nitrogen and oxygen atoms in total. The second-order valence-electron chi connectivity index (χ2n) is 6.69. The highest BCUT2D eigenvalue weighted by Gasteiger charge is 2.35. The fourth-order valence-electron chi connectivity index (χ4n) is 2.90. The van der Waals surface area contributed by atoms with Crippen LogP contribution in [0.2, 0.25) is 0 Å². The number of fused-ring (bicyclic) bond motifs is 1. The molecule has 1 aromatic carbocycles. The van der Waals surface area contributed by atoms with Crippen molar-refractivity contribution in [3.63, 3.8) is 0 Å². The number of nitro groups is 1. The highest BCUT2D eigenvalue weighted by atomic mass is 16.6. The van der Waals surface area contributed by atoms with Gasteiger partial charge in [-0.1, -0.05) is 20.8 Å². The van der Waals surface area contributed by atoms with Crippen LogP contribution in [0.25, 0.3) is 0 Å². The monoisotopic (exact) mass is 308 g/mol. The first-order valence-electron chi connectivity index (χ1n) is 7.09. The van der Waals surface area contributed by atoms with E-state index in [1.165, 1.54) is 17.0 Å². The summed E-state index contributed by atoms with van der Waals surface area (Å²) in [6.45, 7) is 6.53. The maximum Gasteiger partial charge on any atom is 0.407 e. The molecule has 1 aliphatic rings. The highest BCUT2D eigenvalue weighted by molar-refractivity contribution is 5.65. The van der Waals surface area contributed by atoms with Crippen LogP contribution in [-0.2, 0) is 6.42 Å². The minimum atomic E-state index is -0.999. The molecule has 0 aliphatic carbocycles. The SMILES string of the molecule is CC(C)(C)C1CN(C(=O)O)CCc2cc(O)c([N+](=O)[O-])cc21. The van der Waals surface area contributed by atoms with Crippen LogP contribution < -0.4 is 0 Å². The first-order valence-corrected chi connectivity index (χ1v) is 7.09. The van der Waals surface area contributed by atoms with Gasteiger partial charge in [0, 0.05) is 25.1 Å². The molecule has 2 rings (SSSR count). The minimum Gasteiger partial charge on any atom is -0.502 e. The van der Waals surface area contributed by atoms with Crippen molar-refractivity contribution in [2.75, 3.05) is 13.1 Å². The summed E-state index contributed by atoms with van der Waals surface area (Å²) in [5, 5.41) is 30.2. The van der Waals surface area contributed by atoms with Crippen LogP contribution in [0.5, 0.6) is 5.75 Å². The Hall–Kier alpha value is -2.31. The van der Waals surface area contributed by atoms with E-state index in [4.69, 9.17) is 0 Å². The Morgan fingerprint density at radius 3 is 2.55 bits per heavy atom. The van der Waals surface area contributed by atoms with E-state index < -0.39 is 11.0 Å². The van der Waals surface area contributed by atoms with Crippen LogP contribution in [0.15, 0.2) is 12.1 Å². The minimum absolute atomic E-state index is 0.180. The number of carbonyl (C=O) groups is 1. The number of carboxylic acid groups (broad SMARTS) is 1. The molecule has 1 unspecified atom stereocenters. The summed E-state index contributed by atoms with van der Waals surface area (Å²) in [5.41, 5.74) is 0.918. The van der Waals surface area contributed by atoms with E-state index in [-0.39, 0.29) is 29.3 Å². The Bertz CT molecular complexity index is 621. The fourth-order valence-corrected chi connectivity index (χ4v) is 2.90. The summed E-state index contributed by atoms with van der Waals surface area (Å²) >= 11 is 0. The number of hydrogen-bond donors (Lipinski definition) is 2. The van der Waals surface area contributed by atoms with Gasteiger partial charge < -0.3 is 15.1 Å². The van der Waals surface area contributed by atoms with E-state index in [1.807, 2.05) is 20.8 Å². The molecule has 1 aliphatic heterocycles. The largest absolute Gasteiger partial charge is 0.502 e. The summed E-state index contributed by atoms with van der Waals surface area (Å²) in [6.07, 6.45) is -0.569. The normalized spacial score (nSPS) is 18.5. The Morgan fingerprint density at radius 2 is 2.05 bits per heavy atom. The van der Waals surface area contributed by atoms with E-state index >= 15 is 0 Å². The van der Waals surface area contributed by atoms with Gasteiger partial charge in [0.15, 0.2) is 5.75 Å². The number of phenols is 1. The maximum atomic E-state index is 11.3. The van der Waals surface area contributed by atoms with Crippen LogP contribution in [-0.4, -0.2) is 39.2 Å². The lowest BCUT2D eigenvalue weighted by molar-refractivity contribution is -0.386. The summed E-state index contributed by atoms with van der Waals surface area (Å²) in [6, 6.07) is 2.80. The Labute approximate surface area is 128 Å². The van der Waals surface area contributed by atoms with Gasteiger partial charge in [0.05, 0.1) is 4.92 Å². The number of nitrogens with zero attached hydrogens (tertiary/aromatic N) is 2. The lowest BCUT2D eigenvalue weighted by atomic mass is 9.75. The van der Waals surface area contributed by atoms with Crippen molar-refractivity contribution in [1.82, 2.24) is 4.90 Å². The third-order valence-corrected chi connectivity index (χ3v) is 4.18. The van der Waals surface area contributed by atoms with E-state index in [1.54, 1.807) is 0 Å². The number of amides is 1. The average molecular weight is 308 g/mol. The third-order valence-electron chi connectivity index (χ3n) is 4.18. The van der Waals surface area contributed by atoms with Crippen LogP contribution in [0.3, 0.4) is 0 Å². The maximum absolute atomic E-state index is 11.3. The van der Waals surface area contributed by atoms with Gasteiger partial charge in [-0.15, -0.1) is 0 Å². The lowest BCUT2D eigenvalue weighted by Crippen LogP contribution is -2.36. The number of phenolic OH excluding ortho intramolecular Hbond substituents is 1. The molecule has 7 heteroatoms. The number of hydrogen-bond acceptors (Lipinski definition) is 4. The summed E-state index contributed by atoms with van der Waals surface area (Å²) in [7, 11) is 0. The van der Waals surface area contributed by atoms with Gasteiger partial charge in [-0.2, -0.15) is 0 Å². The molecule has 2 N–H and O–H groups in total. The second-order valence-corrected chi connectivity index (χ2v) is 6.69. The highest BCUT2D eigenvalue weighted by Crippen LogP contribution is 2.42. The zero-order valence-electron chi connectivity index (χ0n) is 12.9. The van der Waals surface area contributed by atoms with E-state index in [0.29, 0.717) is 13.0 Å². The Morgan fingerprint density at radius 1 is 1.41 bits per heavy atom. The first kappa shape index (κ1) is 16.1. The van der Waals surface area contributed by atoms with Gasteiger partial charge >= 0.3 is 11.8 Å². The van der Waals surface area contributed by atoms with Crippen LogP contribution in [0.1, 0.15) is 37.8 Å². The van der Waals surface area contributed by atoms with E-state index in [2.05, 4.69) is 0 Å². The van der Waals surface area contributed by atoms with Gasteiger partial charge in [0.1, 0.15) is 0 Å². The first-order chi connectivity index (χ1) is 10.1. The van der Waals surface area contributed by atoms with Gasteiger partial charge in [-0.3, -0.25) is 10.1 Å². The average Bonchev–Trinajstić information content (AvgIpc) is 2.56. The van der Waals surface area contributed by atoms with Gasteiger partial charge in [-0.05, 0) is 29.0 Å². The predicted octanol–water partition coefficient (Wildman–Crippen LogP) is 2.97. The molecule has 120 valence electrons. The van der Waals surface area contributed by atoms with Gasteiger partial charge in [0.2, 0.25) is 0 Å². The molecule has 1 atom stereocenters. The van der Waals surface area contributed by atoms with E-state index in [0.717, 1.165) is 11.1 Å². The summed E-state index contributed by atoms with van der Waals surface area (Å²) < 4.78 is 0. The molecule has 1 aromatic rings. The summed E-state index contributed by atoms with van der Waals surface area (Å²) in [4.78, 5) is 23.1. The molecule has 0 aromatic heterocycles. The molecule has 0 saturated heterocycles. The van der Waals surface area contributed by atoms with Crippen LogP contribution >= 0.6 is 0 Å². The molecule has 0 bridgehead atoms. The van der Waals surface area contributed by atoms with Crippen LogP contribution in [0.4, 0.5) is 10.5 Å². The Kier molecular flexibility index (Phi) is 4.00. The second kappa shape index (κ2) is 5.47. The molecule has 22 heavy (non-hydrogen) atoms. The smallest absolute Gasteiger partial charge is 0.407 e. The molecular formula is C15H20N2O5.